The summed E-state index contributed by atoms with van der Waals surface area (Å²) in [5, 5.41) is 0. The summed E-state index contributed by atoms with van der Waals surface area (Å²) in [5.74, 6) is -0.832. The lowest BCUT2D eigenvalue weighted by Crippen LogP contribution is -2.42. The molecule has 0 bridgehead atoms. The minimum Gasteiger partial charge on any atom is -0.465 e. The molecule has 0 saturated carbocycles. The van der Waals surface area contributed by atoms with E-state index >= 15 is 0 Å². The van der Waals surface area contributed by atoms with Gasteiger partial charge in [-0.05, 0) is 26.7 Å². The first-order chi connectivity index (χ1) is 10.1. The molecule has 0 atom stereocenters. The molecule has 0 amide bonds. The fraction of sp³-hybridized carbons (Fsp3) is 0.882. The molecule has 0 spiro atoms. The van der Waals surface area contributed by atoms with Gasteiger partial charge in [-0.1, -0.05) is 52.4 Å². The van der Waals surface area contributed by atoms with E-state index in [0.717, 1.165) is 25.7 Å². The van der Waals surface area contributed by atoms with E-state index < -0.39 is 17.4 Å². The van der Waals surface area contributed by atoms with Crippen LogP contribution in [0.25, 0.3) is 0 Å². The van der Waals surface area contributed by atoms with Crippen LogP contribution in [0.3, 0.4) is 0 Å². The highest BCUT2D eigenvalue weighted by atomic mass is 16.6. The van der Waals surface area contributed by atoms with Crippen molar-refractivity contribution >= 4 is 11.9 Å². The normalized spacial score (nSPS) is 11.2. The molecule has 0 fully saturated rings. The SMILES string of the molecule is CCCCCCCC(CCC)(C(=O)OCC)C(=O)OCC. The second-order valence-electron chi connectivity index (χ2n) is 5.44. The lowest BCUT2D eigenvalue weighted by Gasteiger charge is -2.28. The molecule has 0 heterocycles. The predicted octanol–water partition coefficient (Wildman–Crippen LogP) is 4.26. The van der Waals surface area contributed by atoms with Crippen LogP contribution in [-0.2, 0) is 19.1 Å². The monoisotopic (exact) mass is 300 g/mol. The smallest absolute Gasteiger partial charge is 0.323 e. The average molecular weight is 300 g/mol. The van der Waals surface area contributed by atoms with Gasteiger partial charge in [0.2, 0.25) is 0 Å². The second kappa shape index (κ2) is 11.6. The van der Waals surface area contributed by atoms with E-state index in [2.05, 4.69) is 6.92 Å². The van der Waals surface area contributed by atoms with Gasteiger partial charge in [0.25, 0.3) is 0 Å². The quantitative estimate of drug-likeness (QED) is 0.307. The van der Waals surface area contributed by atoms with Gasteiger partial charge >= 0.3 is 11.9 Å². The molecule has 0 aliphatic heterocycles. The Morgan fingerprint density at radius 2 is 1.24 bits per heavy atom. The van der Waals surface area contributed by atoms with Crippen LogP contribution in [0.15, 0.2) is 0 Å². The molecule has 0 rings (SSSR count). The molecule has 0 aliphatic rings. The van der Waals surface area contributed by atoms with Crippen LogP contribution in [0.4, 0.5) is 0 Å². The summed E-state index contributed by atoms with van der Waals surface area (Å²) in [5.41, 5.74) is -1.10. The van der Waals surface area contributed by atoms with Crippen LogP contribution in [0.2, 0.25) is 0 Å². The largest absolute Gasteiger partial charge is 0.465 e. The zero-order valence-electron chi connectivity index (χ0n) is 14.2. The van der Waals surface area contributed by atoms with Gasteiger partial charge in [0.05, 0.1) is 13.2 Å². The minimum atomic E-state index is -1.10. The van der Waals surface area contributed by atoms with E-state index in [1.54, 1.807) is 13.8 Å². The van der Waals surface area contributed by atoms with Crippen LogP contribution < -0.4 is 0 Å². The number of ether oxygens (including phenoxy) is 2. The summed E-state index contributed by atoms with van der Waals surface area (Å²) in [6.07, 6.45) is 7.20. The molecule has 0 aliphatic carbocycles. The highest BCUT2D eigenvalue weighted by molar-refractivity contribution is 6.00. The first-order valence-electron chi connectivity index (χ1n) is 8.43. The highest BCUT2D eigenvalue weighted by Gasteiger charge is 2.47. The van der Waals surface area contributed by atoms with Gasteiger partial charge in [0, 0.05) is 0 Å². The van der Waals surface area contributed by atoms with Crippen LogP contribution in [0.1, 0.15) is 79.1 Å². The third-order valence-corrected chi connectivity index (χ3v) is 3.72. The number of hydrogen-bond donors (Lipinski definition) is 0. The van der Waals surface area contributed by atoms with Gasteiger partial charge < -0.3 is 9.47 Å². The summed E-state index contributed by atoms with van der Waals surface area (Å²) in [7, 11) is 0. The fourth-order valence-electron chi connectivity index (χ4n) is 2.61. The number of carbonyl (C=O) groups is 2. The standard InChI is InChI=1S/C17H32O4/c1-5-9-10-11-12-14-17(13-6-2,15(18)20-7-3)16(19)21-8-4/h5-14H2,1-4H3. The molecule has 0 N–H and O–H groups in total. The average Bonchev–Trinajstić information content (AvgIpc) is 2.46. The molecule has 0 aromatic heterocycles. The topological polar surface area (TPSA) is 52.6 Å². The molecule has 4 heteroatoms. The lowest BCUT2D eigenvalue weighted by molar-refractivity contribution is -0.173. The summed E-state index contributed by atoms with van der Waals surface area (Å²) in [6, 6.07) is 0. The molecule has 4 nitrogen and oxygen atoms in total. The van der Waals surface area contributed by atoms with Gasteiger partial charge in [0.1, 0.15) is 0 Å². The zero-order valence-corrected chi connectivity index (χ0v) is 14.2. The van der Waals surface area contributed by atoms with Crippen molar-refractivity contribution in [3.05, 3.63) is 0 Å². The predicted molar refractivity (Wildman–Crippen MR) is 84.0 cm³/mol. The van der Waals surface area contributed by atoms with Crippen molar-refractivity contribution in [2.45, 2.75) is 79.1 Å². The molecule has 0 aromatic rings. The molecular weight excluding hydrogens is 268 g/mol. The van der Waals surface area contributed by atoms with E-state index in [0.29, 0.717) is 26.1 Å². The molecular formula is C17H32O4. The van der Waals surface area contributed by atoms with E-state index in [1.807, 2.05) is 6.92 Å². The minimum absolute atomic E-state index is 0.291. The van der Waals surface area contributed by atoms with E-state index in [-0.39, 0.29) is 0 Å². The maximum absolute atomic E-state index is 12.4. The number of carbonyl (C=O) groups excluding carboxylic acids is 2. The molecule has 0 unspecified atom stereocenters. The highest BCUT2D eigenvalue weighted by Crippen LogP contribution is 2.34. The molecule has 0 radical (unpaired) electrons. The van der Waals surface area contributed by atoms with Crippen LogP contribution >= 0.6 is 0 Å². The van der Waals surface area contributed by atoms with Crippen LogP contribution in [0.5, 0.6) is 0 Å². The number of unbranched alkanes of at least 4 members (excludes halogenated alkanes) is 4. The Kier molecular flexibility index (Phi) is 11.0. The first kappa shape index (κ1) is 19.9. The summed E-state index contributed by atoms with van der Waals surface area (Å²) in [6.45, 7) is 8.25. The van der Waals surface area contributed by atoms with E-state index in [1.165, 1.54) is 12.8 Å². The van der Waals surface area contributed by atoms with Gasteiger partial charge in [-0.25, -0.2) is 0 Å². The maximum atomic E-state index is 12.4. The van der Waals surface area contributed by atoms with Crippen molar-refractivity contribution in [2.24, 2.45) is 5.41 Å². The summed E-state index contributed by atoms with van der Waals surface area (Å²) < 4.78 is 10.3. The van der Waals surface area contributed by atoms with E-state index in [9.17, 15) is 9.59 Å². The van der Waals surface area contributed by atoms with Crippen LogP contribution in [0, 0.1) is 5.41 Å². The molecule has 0 saturated heterocycles. The summed E-state index contributed by atoms with van der Waals surface area (Å²) in [4.78, 5) is 24.7. The third kappa shape index (κ3) is 6.49. The molecule has 124 valence electrons. The Morgan fingerprint density at radius 3 is 1.67 bits per heavy atom. The van der Waals surface area contributed by atoms with Gasteiger partial charge in [-0.15, -0.1) is 0 Å². The zero-order chi connectivity index (χ0) is 16.1. The van der Waals surface area contributed by atoms with Crippen molar-refractivity contribution in [3.63, 3.8) is 0 Å². The number of esters is 2. The first-order valence-corrected chi connectivity index (χ1v) is 8.43. The van der Waals surface area contributed by atoms with Crippen molar-refractivity contribution in [2.75, 3.05) is 13.2 Å². The number of rotatable bonds is 12. The Bertz CT molecular complexity index is 281. The van der Waals surface area contributed by atoms with Gasteiger partial charge in [-0.2, -0.15) is 0 Å². The van der Waals surface area contributed by atoms with Crippen molar-refractivity contribution in [3.8, 4) is 0 Å². The van der Waals surface area contributed by atoms with Gasteiger partial charge in [-0.3, -0.25) is 9.59 Å². The molecule has 21 heavy (non-hydrogen) atoms. The summed E-state index contributed by atoms with van der Waals surface area (Å²) >= 11 is 0. The Hall–Kier alpha value is -1.06. The van der Waals surface area contributed by atoms with Crippen LogP contribution in [-0.4, -0.2) is 25.2 Å². The van der Waals surface area contributed by atoms with Gasteiger partial charge in [0.15, 0.2) is 5.41 Å². The maximum Gasteiger partial charge on any atom is 0.323 e. The lowest BCUT2D eigenvalue weighted by atomic mass is 9.78. The Morgan fingerprint density at radius 1 is 0.714 bits per heavy atom. The Balaban J connectivity index is 4.90. The van der Waals surface area contributed by atoms with E-state index in [4.69, 9.17) is 9.47 Å². The Labute approximate surface area is 129 Å². The fourth-order valence-corrected chi connectivity index (χ4v) is 2.61. The third-order valence-electron chi connectivity index (χ3n) is 3.72. The van der Waals surface area contributed by atoms with Crippen molar-refractivity contribution in [1.82, 2.24) is 0 Å². The number of hydrogen-bond acceptors (Lipinski definition) is 4. The molecule has 0 aromatic carbocycles. The van der Waals surface area contributed by atoms with Crippen molar-refractivity contribution in [1.29, 1.82) is 0 Å². The van der Waals surface area contributed by atoms with Crippen molar-refractivity contribution < 1.29 is 19.1 Å². The second-order valence-corrected chi connectivity index (χ2v) is 5.44.